The summed E-state index contributed by atoms with van der Waals surface area (Å²) < 4.78 is 4.24. The number of carbonyl (C=O) groups is 2. The predicted molar refractivity (Wildman–Crippen MR) is 137 cm³/mol. The van der Waals surface area contributed by atoms with E-state index in [4.69, 9.17) is 0 Å². The number of hydrogen-bond acceptors (Lipinski definition) is 3. The molecule has 1 N–H and O–H groups in total. The normalized spacial score (nSPS) is 13.9. The first-order valence-corrected chi connectivity index (χ1v) is 11.7. The fourth-order valence-corrected chi connectivity index (χ4v) is 4.97. The molecular weight excluding hydrogens is 436 g/mol. The highest BCUT2D eigenvalue weighted by Gasteiger charge is 2.34. The standard InChI is InChI=1S/C29H24N4O2/c1-19-7-10-25-23(15-19)24(17-33(25)13-4-12-32-14-11-30-18-32)27-26(28(34)31-29(27)35)22-9-8-20-5-2-3-6-21(20)16-22/h2-3,5-11,14-18H,4,12-13H2,1H3,(H,31,34,35). The zero-order chi connectivity index (χ0) is 23.9. The lowest BCUT2D eigenvalue weighted by Gasteiger charge is -2.06. The number of hydrogen-bond donors (Lipinski definition) is 1. The molecule has 0 fully saturated rings. The molecule has 35 heavy (non-hydrogen) atoms. The molecule has 6 nitrogen and oxygen atoms in total. The van der Waals surface area contributed by atoms with Crippen LogP contribution in [0.1, 0.15) is 23.1 Å². The van der Waals surface area contributed by atoms with Gasteiger partial charge < -0.3 is 9.13 Å². The number of aromatic nitrogens is 3. The van der Waals surface area contributed by atoms with Crippen molar-refractivity contribution in [1.82, 2.24) is 19.4 Å². The summed E-state index contributed by atoms with van der Waals surface area (Å²) >= 11 is 0. The van der Waals surface area contributed by atoms with Crippen molar-refractivity contribution in [2.24, 2.45) is 0 Å². The second-order valence-corrected chi connectivity index (χ2v) is 9.01. The van der Waals surface area contributed by atoms with Gasteiger partial charge >= 0.3 is 0 Å². The number of amides is 2. The molecule has 0 radical (unpaired) electrons. The number of aryl methyl sites for hydroxylation is 3. The predicted octanol–water partition coefficient (Wildman–Crippen LogP) is 4.96. The molecule has 3 aromatic carbocycles. The number of imide groups is 1. The van der Waals surface area contributed by atoms with Crippen LogP contribution < -0.4 is 5.32 Å². The molecule has 1 aliphatic rings. The van der Waals surface area contributed by atoms with E-state index in [0.717, 1.165) is 57.9 Å². The zero-order valence-corrected chi connectivity index (χ0v) is 19.4. The second-order valence-electron chi connectivity index (χ2n) is 9.01. The van der Waals surface area contributed by atoms with E-state index in [2.05, 4.69) is 37.6 Å². The number of carbonyl (C=O) groups excluding carboxylic acids is 2. The molecule has 0 bridgehead atoms. The van der Waals surface area contributed by atoms with Crippen LogP contribution in [0.4, 0.5) is 0 Å². The van der Waals surface area contributed by atoms with Gasteiger partial charge in [0, 0.05) is 48.1 Å². The second kappa shape index (κ2) is 8.40. The van der Waals surface area contributed by atoms with Crippen molar-refractivity contribution < 1.29 is 9.59 Å². The maximum absolute atomic E-state index is 13.1. The molecule has 2 amide bonds. The fourth-order valence-electron chi connectivity index (χ4n) is 4.97. The Kier molecular flexibility index (Phi) is 5.07. The minimum atomic E-state index is -0.353. The minimum absolute atomic E-state index is 0.350. The first kappa shape index (κ1) is 21.1. The Balaban J connectivity index is 1.48. The number of benzene rings is 3. The Morgan fingerprint density at radius 1 is 0.886 bits per heavy atom. The van der Waals surface area contributed by atoms with Gasteiger partial charge in [-0.25, -0.2) is 4.98 Å². The van der Waals surface area contributed by atoms with Crippen LogP contribution in [0.2, 0.25) is 0 Å². The summed E-state index contributed by atoms with van der Waals surface area (Å²) in [5, 5.41) is 5.64. The van der Waals surface area contributed by atoms with Crippen LogP contribution in [-0.4, -0.2) is 25.9 Å². The molecule has 172 valence electrons. The van der Waals surface area contributed by atoms with E-state index in [-0.39, 0.29) is 11.8 Å². The van der Waals surface area contributed by atoms with E-state index in [1.165, 1.54) is 0 Å². The van der Waals surface area contributed by atoms with E-state index >= 15 is 0 Å². The lowest BCUT2D eigenvalue weighted by atomic mass is 9.94. The lowest BCUT2D eigenvalue weighted by molar-refractivity contribution is -0.122. The summed E-state index contributed by atoms with van der Waals surface area (Å²) in [7, 11) is 0. The van der Waals surface area contributed by atoms with Crippen molar-refractivity contribution in [3.8, 4) is 0 Å². The van der Waals surface area contributed by atoms with Crippen molar-refractivity contribution >= 4 is 44.6 Å². The minimum Gasteiger partial charge on any atom is -0.347 e. The van der Waals surface area contributed by atoms with E-state index in [9.17, 15) is 9.59 Å². The van der Waals surface area contributed by atoms with Crippen LogP contribution in [0.25, 0.3) is 32.8 Å². The van der Waals surface area contributed by atoms with Crippen LogP contribution in [0.3, 0.4) is 0 Å². The van der Waals surface area contributed by atoms with Gasteiger partial charge in [0.25, 0.3) is 11.8 Å². The number of nitrogens with zero attached hydrogens (tertiary/aromatic N) is 3. The Hall–Kier alpha value is -4.45. The molecular formula is C29H24N4O2. The van der Waals surface area contributed by atoms with Crippen LogP contribution in [0.5, 0.6) is 0 Å². The molecule has 6 heteroatoms. The summed E-state index contributed by atoms with van der Waals surface area (Å²) in [4.78, 5) is 30.3. The third kappa shape index (κ3) is 3.73. The average Bonchev–Trinajstić information content (AvgIpc) is 3.56. The maximum atomic E-state index is 13.1. The van der Waals surface area contributed by atoms with Crippen molar-refractivity contribution in [2.75, 3.05) is 0 Å². The van der Waals surface area contributed by atoms with Gasteiger partial charge in [-0.2, -0.15) is 0 Å². The Morgan fingerprint density at radius 2 is 1.71 bits per heavy atom. The molecule has 6 rings (SSSR count). The molecule has 3 heterocycles. The number of rotatable bonds is 6. The van der Waals surface area contributed by atoms with E-state index in [1.807, 2.05) is 68.1 Å². The summed E-state index contributed by atoms with van der Waals surface area (Å²) in [6.07, 6.45) is 8.49. The Bertz CT molecular complexity index is 1640. The van der Waals surface area contributed by atoms with Gasteiger partial charge in [-0.1, -0.05) is 48.0 Å². The lowest BCUT2D eigenvalue weighted by Crippen LogP contribution is -2.22. The molecule has 0 saturated carbocycles. The van der Waals surface area contributed by atoms with Crippen LogP contribution in [0.15, 0.2) is 85.6 Å². The topological polar surface area (TPSA) is 68.9 Å². The van der Waals surface area contributed by atoms with Crippen molar-refractivity contribution in [3.63, 3.8) is 0 Å². The van der Waals surface area contributed by atoms with E-state index in [1.54, 1.807) is 6.20 Å². The highest BCUT2D eigenvalue weighted by molar-refractivity contribution is 6.50. The number of imidazole rings is 1. The average molecular weight is 461 g/mol. The van der Waals surface area contributed by atoms with E-state index in [0.29, 0.717) is 11.1 Å². The van der Waals surface area contributed by atoms with Gasteiger partial charge in [-0.15, -0.1) is 0 Å². The van der Waals surface area contributed by atoms with Gasteiger partial charge in [0.1, 0.15) is 0 Å². The molecule has 0 atom stereocenters. The van der Waals surface area contributed by atoms with Crippen molar-refractivity contribution in [1.29, 1.82) is 0 Å². The molecule has 0 unspecified atom stereocenters. The largest absolute Gasteiger partial charge is 0.347 e. The molecule has 1 aliphatic heterocycles. The van der Waals surface area contributed by atoms with Gasteiger partial charge in [-0.3, -0.25) is 14.9 Å². The van der Waals surface area contributed by atoms with E-state index < -0.39 is 0 Å². The third-order valence-electron chi connectivity index (χ3n) is 6.65. The Morgan fingerprint density at radius 3 is 2.54 bits per heavy atom. The first-order valence-electron chi connectivity index (χ1n) is 11.7. The third-order valence-corrected chi connectivity index (χ3v) is 6.65. The quantitative estimate of drug-likeness (QED) is 0.364. The first-order chi connectivity index (χ1) is 17.1. The smallest absolute Gasteiger partial charge is 0.259 e. The SMILES string of the molecule is Cc1ccc2c(c1)c(C1=C(c3ccc4ccccc4c3)C(=O)NC1=O)cn2CCCn1ccnc1. The molecule has 0 aliphatic carbocycles. The Labute approximate surface area is 202 Å². The highest BCUT2D eigenvalue weighted by Crippen LogP contribution is 2.37. The van der Waals surface area contributed by atoms with Crippen molar-refractivity contribution in [3.05, 3.63) is 102 Å². The van der Waals surface area contributed by atoms with Crippen LogP contribution in [0, 0.1) is 6.92 Å². The maximum Gasteiger partial charge on any atom is 0.259 e. The van der Waals surface area contributed by atoms with Gasteiger partial charge in [0.05, 0.1) is 17.5 Å². The molecule has 0 spiro atoms. The summed E-state index contributed by atoms with van der Waals surface area (Å²) in [5.74, 6) is -0.703. The molecule has 2 aromatic heterocycles. The fraction of sp³-hybridized carbons (Fsp3) is 0.138. The zero-order valence-electron chi connectivity index (χ0n) is 19.4. The number of nitrogens with one attached hydrogen (secondary N) is 1. The number of fused-ring (bicyclic) bond motifs is 2. The van der Waals surface area contributed by atoms with Crippen LogP contribution >= 0.6 is 0 Å². The van der Waals surface area contributed by atoms with Crippen molar-refractivity contribution in [2.45, 2.75) is 26.4 Å². The molecule has 0 saturated heterocycles. The summed E-state index contributed by atoms with van der Waals surface area (Å²) in [6, 6.07) is 20.2. The summed E-state index contributed by atoms with van der Waals surface area (Å²) in [5.41, 5.74) is 4.56. The van der Waals surface area contributed by atoms with Gasteiger partial charge in [0.15, 0.2) is 0 Å². The van der Waals surface area contributed by atoms with Gasteiger partial charge in [0.2, 0.25) is 0 Å². The summed E-state index contributed by atoms with van der Waals surface area (Å²) in [6.45, 7) is 3.68. The monoisotopic (exact) mass is 460 g/mol. The molecule has 5 aromatic rings. The highest BCUT2D eigenvalue weighted by atomic mass is 16.2. The van der Waals surface area contributed by atoms with Crippen LogP contribution in [-0.2, 0) is 22.7 Å². The van der Waals surface area contributed by atoms with Gasteiger partial charge in [-0.05, 0) is 47.9 Å².